The number of hydrogen-bond acceptors (Lipinski definition) is 3. The number of likely N-dealkylation sites (tertiary alicyclic amines) is 1. The van der Waals surface area contributed by atoms with Crippen molar-refractivity contribution in [3.05, 3.63) is 71.8 Å². The van der Waals surface area contributed by atoms with Crippen molar-refractivity contribution < 1.29 is 4.74 Å². The van der Waals surface area contributed by atoms with Crippen LogP contribution in [0.3, 0.4) is 0 Å². The lowest BCUT2D eigenvalue weighted by Crippen LogP contribution is -2.46. The Morgan fingerprint density at radius 2 is 1.67 bits per heavy atom. The molecular weight excluding hydrogens is 296 g/mol. The number of hydrogen-bond donors (Lipinski definition) is 1. The lowest BCUT2D eigenvalue weighted by molar-refractivity contribution is 0.114. The minimum atomic E-state index is 0.586. The highest BCUT2D eigenvalue weighted by atomic mass is 16.5. The molecule has 0 spiro atoms. The molecule has 24 heavy (non-hydrogen) atoms. The van der Waals surface area contributed by atoms with Crippen LogP contribution in [0.5, 0.6) is 0 Å². The van der Waals surface area contributed by atoms with Gasteiger partial charge in [0.15, 0.2) is 0 Å². The molecule has 1 aliphatic heterocycles. The van der Waals surface area contributed by atoms with Gasteiger partial charge >= 0.3 is 0 Å². The second-order valence-corrected chi connectivity index (χ2v) is 6.55. The number of ether oxygens (including phenoxy) is 1. The summed E-state index contributed by atoms with van der Waals surface area (Å²) in [6.45, 7) is 5.79. The van der Waals surface area contributed by atoms with Crippen LogP contribution in [-0.2, 0) is 17.9 Å². The summed E-state index contributed by atoms with van der Waals surface area (Å²) in [5, 5.41) is 3.66. The molecule has 0 bridgehead atoms. The zero-order valence-corrected chi connectivity index (χ0v) is 14.4. The summed E-state index contributed by atoms with van der Waals surface area (Å²) in [6, 6.07) is 21.7. The van der Waals surface area contributed by atoms with Crippen molar-refractivity contribution in [3.8, 4) is 0 Å². The predicted molar refractivity (Wildman–Crippen MR) is 98.8 cm³/mol. The van der Waals surface area contributed by atoms with Gasteiger partial charge in [0.2, 0.25) is 0 Å². The van der Waals surface area contributed by atoms with Crippen LogP contribution in [0.4, 0.5) is 0 Å². The molecule has 1 heterocycles. The van der Waals surface area contributed by atoms with Crippen LogP contribution in [0.25, 0.3) is 0 Å². The summed E-state index contributed by atoms with van der Waals surface area (Å²) >= 11 is 0. The second kappa shape index (κ2) is 9.58. The number of rotatable bonds is 8. The molecule has 3 nitrogen and oxygen atoms in total. The Labute approximate surface area is 145 Å². The van der Waals surface area contributed by atoms with Crippen LogP contribution < -0.4 is 5.32 Å². The second-order valence-electron chi connectivity index (χ2n) is 6.55. The highest BCUT2D eigenvalue weighted by Gasteiger charge is 2.19. The Kier molecular flexibility index (Phi) is 6.84. The predicted octanol–water partition coefficient (Wildman–Crippen LogP) is 3.46. The first kappa shape index (κ1) is 17.2. The smallest absolute Gasteiger partial charge is 0.0717 e. The molecule has 1 N–H and O–H groups in total. The first-order valence-corrected chi connectivity index (χ1v) is 9.01. The third-order valence-electron chi connectivity index (χ3n) is 4.55. The van der Waals surface area contributed by atoms with Crippen LogP contribution in [0.2, 0.25) is 0 Å². The summed E-state index contributed by atoms with van der Waals surface area (Å²) in [7, 11) is 0. The molecule has 1 fully saturated rings. The maximum Gasteiger partial charge on any atom is 0.0717 e. The van der Waals surface area contributed by atoms with E-state index in [0.29, 0.717) is 12.6 Å². The topological polar surface area (TPSA) is 24.5 Å². The van der Waals surface area contributed by atoms with Crippen molar-refractivity contribution >= 4 is 0 Å². The first-order valence-electron chi connectivity index (χ1n) is 9.01. The van der Waals surface area contributed by atoms with Crippen molar-refractivity contribution in [1.29, 1.82) is 0 Å². The van der Waals surface area contributed by atoms with Gasteiger partial charge < -0.3 is 10.1 Å². The van der Waals surface area contributed by atoms with E-state index in [1.165, 1.54) is 30.5 Å². The molecule has 0 radical (unpaired) electrons. The molecule has 128 valence electrons. The van der Waals surface area contributed by atoms with Crippen molar-refractivity contribution in [2.45, 2.75) is 32.0 Å². The Morgan fingerprint density at radius 1 is 0.958 bits per heavy atom. The Bertz CT molecular complexity index is 573. The van der Waals surface area contributed by atoms with Gasteiger partial charge in [0.25, 0.3) is 0 Å². The summed E-state index contributed by atoms with van der Waals surface area (Å²) in [5.74, 6) is 0. The Balaban J connectivity index is 1.32. The van der Waals surface area contributed by atoms with E-state index in [2.05, 4.69) is 64.8 Å². The average Bonchev–Trinajstić information content (AvgIpc) is 2.63. The van der Waals surface area contributed by atoms with Crippen LogP contribution in [0.1, 0.15) is 24.0 Å². The molecule has 0 aromatic heterocycles. The van der Waals surface area contributed by atoms with E-state index in [9.17, 15) is 0 Å². The molecule has 3 heteroatoms. The van der Waals surface area contributed by atoms with Crippen molar-refractivity contribution in [3.63, 3.8) is 0 Å². The van der Waals surface area contributed by atoms with E-state index in [-0.39, 0.29) is 0 Å². The number of nitrogens with zero attached hydrogens (tertiary/aromatic N) is 1. The quantitative estimate of drug-likeness (QED) is 0.753. The highest BCUT2D eigenvalue weighted by molar-refractivity contribution is 5.14. The summed E-state index contributed by atoms with van der Waals surface area (Å²) in [4.78, 5) is 2.56. The Morgan fingerprint density at radius 3 is 2.42 bits per heavy atom. The maximum atomic E-state index is 5.76. The van der Waals surface area contributed by atoms with Gasteiger partial charge in [0, 0.05) is 25.7 Å². The fourth-order valence-corrected chi connectivity index (χ4v) is 3.31. The summed E-state index contributed by atoms with van der Waals surface area (Å²) in [5.41, 5.74) is 2.65. The fraction of sp³-hybridized carbons (Fsp3) is 0.429. The molecule has 2 aromatic carbocycles. The van der Waals surface area contributed by atoms with Gasteiger partial charge in [-0.15, -0.1) is 0 Å². The molecule has 2 aromatic rings. The van der Waals surface area contributed by atoms with Crippen molar-refractivity contribution in [2.24, 2.45) is 0 Å². The third-order valence-corrected chi connectivity index (χ3v) is 4.55. The molecule has 1 saturated heterocycles. The van der Waals surface area contributed by atoms with Crippen LogP contribution >= 0.6 is 0 Å². The van der Waals surface area contributed by atoms with Crippen LogP contribution in [0.15, 0.2) is 60.7 Å². The van der Waals surface area contributed by atoms with Crippen LogP contribution in [0, 0.1) is 0 Å². The molecule has 1 atom stereocenters. The normalized spacial score (nSPS) is 18.6. The number of nitrogens with one attached hydrogen (secondary N) is 1. The van der Waals surface area contributed by atoms with E-state index < -0.39 is 0 Å². The SMILES string of the molecule is c1ccc(COCCNC2CCCN(Cc3ccccc3)C2)cc1. The largest absolute Gasteiger partial charge is 0.375 e. The van der Waals surface area contributed by atoms with Gasteiger partial charge in [-0.2, -0.15) is 0 Å². The molecule has 0 amide bonds. The monoisotopic (exact) mass is 324 g/mol. The Hall–Kier alpha value is -1.68. The van der Waals surface area contributed by atoms with Crippen molar-refractivity contribution in [2.75, 3.05) is 26.2 Å². The standard InChI is InChI=1S/C21H28N2O/c1-3-8-19(9-4-1)16-23-14-7-12-21(17-23)22-13-15-24-18-20-10-5-2-6-11-20/h1-6,8-11,21-22H,7,12-18H2. The van der Waals surface area contributed by atoms with Gasteiger partial charge in [-0.05, 0) is 30.5 Å². The van der Waals surface area contributed by atoms with E-state index in [4.69, 9.17) is 4.74 Å². The van der Waals surface area contributed by atoms with Gasteiger partial charge in [0.05, 0.1) is 13.2 Å². The lowest BCUT2D eigenvalue weighted by Gasteiger charge is -2.33. The van der Waals surface area contributed by atoms with E-state index >= 15 is 0 Å². The lowest BCUT2D eigenvalue weighted by atomic mass is 10.0. The molecule has 0 aliphatic carbocycles. The molecule has 3 rings (SSSR count). The average molecular weight is 324 g/mol. The van der Waals surface area contributed by atoms with Gasteiger partial charge in [0.1, 0.15) is 0 Å². The van der Waals surface area contributed by atoms with Crippen molar-refractivity contribution in [1.82, 2.24) is 10.2 Å². The molecule has 1 unspecified atom stereocenters. The van der Waals surface area contributed by atoms with E-state index in [1.807, 2.05) is 6.07 Å². The number of benzene rings is 2. The van der Waals surface area contributed by atoms with Gasteiger partial charge in [-0.25, -0.2) is 0 Å². The minimum Gasteiger partial charge on any atom is -0.375 e. The first-order chi connectivity index (χ1) is 11.9. The fourth-order valence-electron chi connectivity index (χ4n) is 3.31. The summed E-state index contributed by atoms with van der Waals surface area (Å²) < 4.78 is 5.76. The van der Waals surface area contributed by atoms with Gasteiger partial charge in [-0.1, -0.05) is 60.7 Å². The third kappa shape index (κ3) is 5.75. The maximum absolute atomic E-state index is 5.76. The zero-order valence-electron chi connectivity index (χ0n) is 14.4. The van der Waals surface area contributed by atoms with E-state index in [0.717, 1.165) is 26.2 Å². The molecule has 0 saturated carbocycles. The molecule has 1 aliphatic rings. The van der Waals surface area contributed by atoms with Gasteiger partial charge in [-0.3, -0.25) is 4.90 Å². The van der Waals surface area contributed by atoms with E-state index in [1.54, 1.807) is 0 Å². The summed E-state index contributed by atoms with van der Waals surface area (Å²) in [6.07, 6.45) is 2.54. The minimum absolute atomic E-state index is 0.586. The molecular formula is C21H28N2O. The highest BCUT2D eigenvalue weighted by Crippen LogP contribution is 2.13. The number of piperidine rings is 1. The van der Waals surface area contributed by atoms with Crippen LogP contribution in [-0.4, -0.2) is 37.2 Å². The zero-order chi connectivity index (χ0) is 16.5.